The molecule has 0 amide bonds. The van der Waals surface area contributed by atoms with E-state index in [1.165, 1.54) is 5.69 Å². The van der Waals surface area contributed by atoms with Gasteiger partial charge in [-0.3, -0.25) is 4.79 Å². The molecule has 106 valence electrons. The number of nitrogens with zero attached hydrogens (tertiary/aromatic N) is 2. The minimum absolute atomic E-state index is 0.0284. The summed E-state index contributed by atoms with van der Waals surface area (Å²) < 4.78 is 7.43. The van der Waals surface area contributed by atoms with Crippen molar-refractivity contribution < 1.29 is 9.53 Å². The molecule has 0 N–H and O–H groups in total. The summed E-state index contributed by atoms with van der Waals surface area (Å²) in [5.41, 5.74) is 2.23. The predicted octanol–water partition coefficient (Wildman–Crippen LogP) is 2.95. The molecule has 19 heavy (non-hydrogen) atoms. The van der Waals surface area contributed by atoms with E-state index in [2.05, 4.69) is 30.3 Å². The highest BCUT2D eigenvalue weighted by molar-refractivity contribution is 8.00. The Bertz CT molecular complexity index is 482. The van der Waals surface area contributed by atoms with E-state index in [9.17, 15) is 4.79 Å². The first-order valence-electron chi connectivity index (χ1n) is 6.79. The first-order valence-corrected chi connectivity index (χ1v) is 7.67. The number of esters is 1. The number of carbonyl (C=O) groups excluding carboxylic acids is 1. The number of aromatic nitrogens is 2. The molecule has 2 rings (SSSR count). The maximum Gasteiger partial charge on any atom is 0.319 e. The smallest absolute Gasteiger partial charge is 0.319 e. The number of cyclic esters (lactones) is 1. The van der Waals surface area contributed by atoms with Crippen LogP contribution in [-0.2, 0) is 16.1 Å². The van der Waals surface area contributed by atoms with Crippen molar-refractivity contribution in [3.63, 3.8) is 0 Å². The minimum Gasteiger partial charge on any atom is -0.462 e. The lowest BCUT2D eigenvalue weighted by molar-refractivity contribution is -0.140. The zero-order chi connectivity index (χ0) is 14.2. The van der Waals surface area contributed by atoms with E-state index in [1.54, 1.807) is 11.8 Å². The van der Waals surface area contributed by atoms with Gasteiger partial charge in [0.05, 0.1) is 5.69 Å². The second-order valence-corrected chi connectivity index (χ2v) is 6.83. The molecule has 5 heteroatoms. The van der Waals surface area contributed by atoms with Gasteiger partial charge in [0.1, 0.15) is 11.4 Å². The molecule has 0 bridgehead atoms. The van der Waals surface area contributed by atoms with Gasteiger partial charge >= 0.3 is 5.97 Å². The molecule has 1 fully saturated rings. The van der Waals surface area contributed by atoms with Crippen molar-refractivity contribution in [3.05, 3.63) is 11.4 Å². The summed E-state index contributed by atoms with van der Waals surface area (Å²) in [4.78, 5) is 16.3. The van der Waals surface area contributed by atoms with Crippen LogP contribution in [0.1, 0.15) is 38.6 Å². The molecule has 0 saturated carbocycles. The molecule has 1 aliphatic heterocycles. The largest absolute Gasteiger partial charge is 0.462 e. The zero-order valence-electron chi connectivity index (χ0n) is 12.3. The maximum absolute atomic E-state index is 11.7. The number of hydrogen-bond acceptors (Lipinski definition) is 4. The van der Waals surface area contributed by atoms with Gasteiger partial charge in [0.2, 0.25) is 0 Å². The van der Waals surface area contributed by atoms with Crippen LogP contribution in [0.15, 0.2) is 5.16 Å². The summed E-state index contributed by atoms with van der Waals surface area (Å²) in [7, 11) is 0. The van der Waals surface area contributed by atoms with Crippen LogP contribution in [-0.4, -0.2) is 26.9 Å². The molecular formula is C14H22N2O2S. The van der Waals surface area contributed by atoms with Gasteiger partial charge in [-0.25, -0.2) is 4.98 Å². The number of aryl methyl sites for hydroxylation is 1. The minimum atomic E-state index is -0.109. The lowest BCUT2D eigenvalue weighted by Crippen LogP contribution is -2.13. The van der Waals surface area contributed by atoms with Gasteiger partial charge in [-0.05, 0) is 26.7 Å². The number of hydrogen-bond donors (Lipinski definition) is 0. The summed E-state index contributed by atoms with van der Waals surface area (Å²) in [5, 5.41) is 0.835. The fourth-order valence-corrected chi connectivity index (χ4v) is 3.54. The number of carbonyl (C=O) groups is 1. The standard InChI is InChI=1S/C14H22N2O2S/c1-8(2)7-16-11(5)10(4)15-14(16)19-12-6-9(3)18-13(12)17/h8-9,12H,6-7H2,1-5H3/t9-,12-/m0/s1. The van der Waals surface area contributed by atoms with Crippen molar-refractivity contribution in [1.29, 1.82) is 0 Å². The molecule has 2 atom stereocenters. The third kappa shape index (κ3) is 3.14. The molecule has 1 aromatic heterocycles. The van der Waals surface area contributed by atoms with E-state index in [-0.39, 0.29) is 17.3 Å². The van der Waals surface area contributed by atoms with Gasteiger partial charge in [-0.15, -0.1) is 0 Å². The van der Waals surface area contributed by atoms with Crippen molar-refractivity contribution in [3.8, 4) is 0 Å². The molecule has 2 heterocycles. The van der Waals surface area contributed by atoms with E-state index in [4.69, 9.17) is 4.74 Å². The second kappa shape index (κ2) is 5.57. The van der Waals surface area contributed by atoms with E-state index in [0.29, 0.717) is 5.92 Å². The Hall–Kier alpha value is -0.970. The summed E-state index contributed by atoms with van der Waals surface area (Å²) in [6, 6.07) is 0. The third-order valence-corrected chi connectivity index (χ3v) is 4.54. The Morgan fingerprint density at radius 1 is 1.47 bits per heavy atom. The van der Waals surface area contributed by atoms with Crippen molar-refractivity contribution in [2.24, 2.45) is 5.92 Å². The highest BCUT2D eigenvalue weighted by Gasteiger charge is 2.34. The highest BCUT2D eigenvalue weighted by atomic mass is 32.2. The summed E-state index contributed by atoms with van der Waals surface area (Å²) in [5.74, 6) is 0.452. The Kier molecular flexibility index (Phi) is 4.23. The van der Waals surface area contributed by atoms with Crippen LogP contribution in [0.4, 0.5) is 0 Å². The van der Waals surface area contributed by atoms with Crippen LogP contribution in [0.5, 0.6) is 0 Å². The van der Waals surface area contributed by atoms with Gasteiger partial charge < -0.3 is 9.30 Å². The van der Waals surface area contributed by atoms with Crippen molar-refractivity contribution in [1.82, 2.24) is 9.55 Å². The van der Waals surface area contributed by atoms with Crippen molar-refractivity contribution >= 4 is 17.7 Å². The van der Waals surface area contributed by atoms with Gasteiger partial charge in [-0.2, -0.15) is 0 Å². The van der Waals surface area contributed by atoms with Crippen LogP contribution in [0.25, 0.3) is 0 Å². The normalized spacial score (nSPS) is 23.2. The topological polar surface area (TPSA) is 44.1 Å². The van der Waals surface area contributed by atoms with Gasteiger partial charge in [0.15, 0.2) is 5.16 Å². The SMILES string of the molecule is Cc1nc(S[C@H]2C[C@H](C)OC2=O)n(CC(C)C)c1C. The van der Waals surface area contributed by atoms with Crippen LogP contribution in [0.2, 0.25) is 0 Å². The summed E-state index contributed by atoms with van der Waals surface area (Å²) in [6.07, 6.45) is 0.802. The molecule has 1 aromatic rings. The second-order valence-electron chi connectivity index (χ2n) is 5.66. The van der Waals surface area contributed by atoms with Crippen molar-refractivity contribution in [2.45, 2.75) is 64.1 Å². The molecule has 0 aliphatic carbocycles. The number of imidazole rings is 1. The van der Waals surface area contributed by atoms with Crippen LogP contribution in [0.3, 0.4) is 0 Å². The monoisotopic (exact) mass is 282 g/mol. The fourth-order valence-electron chi connectivity index (χ4n) is 2.24. The Labute approximate surface area is 118 Å². The van der Waals surface area contributed by atoms with Crippen molar-refractivity contribution in [2.75, 3.05) is 0 Å². The molecule has 0 aromatic carbocycles. The molecule has 4 nitrogen and oxygen atoms in total. The van der Waals surface area contributed by atoms with Gasteiger partial charge in [0.25, 0.3) is 0 Å². The molecular weight excluding hydrogens is 260 g/mol. The summed E-state index contributed by atoms with van der Waals surface area (Å²) in [6.45, 7) is 11.4. The quantitative estimate of drug-likeness (QED) is 0.796. The number of ether oxygens (including phenoxy) is 1. The van der Waals surface area contributed by atoms with Crippen LogP contribution in [0, 0.1) is 19.8 Å². The molecule has 0 spiro atoms. The molecule has 1 saturated heterocycles. The summed E-state index contributed by atoms with van der Waals surface area (Å²) >= 11 is 1.54. The Balaban J connectivity index is 2.20. The third-order valence-electron chi connectivity index (χ3n) is 3.34. The average molecular weight is 282 g/mol. The molecule has 1 aliphatic rings. The lowest BCUT2D eigenvalue weighted by Gasteiger charge is -2.13. The van der Waals surface area contributed by atoms with E-state index < -0.39 is 0 Å². The van der Waals surface area contributed by atoms with E-state index >= 15 is 0 Å². The van der Waals surface area contributed by atoms with Crippen LogP contribution < -0.4 is 0 Å². The first kappa shape index (κ1) is 14.4. The average Bonchev–Trinajstić information content (AvgIpc) is 2.74. The highest BCUT2D eigenvalue weighted by Crippen LogP contribution is 2.33. The zero-order valence-corrected chi connectivity index (χ0v) is 13.1. The Morgan fingerprint density at radius 3 is 2.68 bits per heavy atom. The molecule has 0 radical (unpaired) electrons. The molecule has 0 unspecified atom stereocenters. The fraction of sp³-hybridized carbons (Fsp3) is 0.714. The van der Waals surface area contributed by atoms with Gasteiger partial charge in [-0.1, -0.05) is 25.6 Å². The lowest BCUT2D eigenvalue weighted by atomic mass is 10.2. The Morgan fingerprint density at radius 2 is 2.16 bits per heavy atom. The predicted molar refractivity (Wildman–Crippen MR) is 76.4 cm³/mol. The van der Waals surface area contributed by atoms with E-state index in [1.807, 2.05) is 13.8 Å². The maximum atomic E-state index is 11.7. The number of thioether (sulfide) groups is 1. The number of rotatable bonds is 4. The van der Waals surface area contributed by atoms with E-state index in [0.717, 1.165) is 23.8 Å². The first-order chi connectivity index (χ1) is 8.88. The van der Waals surface area contributed by atoms with Gasteiger partial charge in [0, 0.05) is 18.7 Å². The van der Waals surface area contributed by atoms with Crippen LogP contribution >= 0.6 is 11.8 Å².